The van der Waals surface area contributed by atoms with Crippen LogP contribution in [0.15, 0.2) is 71.1 Å². The first-order chi connectivity index (χ1) is 12.3. The molecule has 0 saturated carbocycles. The average molecular weight is 350 g/mol. The van der Waals surface area contributed by atoms with Crippen molar-refractivity contribution in [3.8, 4) is 5.75 Å². The highest BCUT2D eigenvalue weighted by Crippen LogP contribution is 2.26. The fourth-order valence-corrected chi connectivity index (χ4v) is 3.19. The highest BCUT2D eigenvalue weighted by atomic mass is 32.1. The number of fused-ring (bicyclic) bond motifs is 1. The van der Waals surface area contributed by atoms with Gasteiger partial charge in [-0.3, -0.25) is 10.1 Å². The number of nitrogens with one attached hydrogen (secondary N) is 1. The standard InChI is InChI=1S/C19H14N2O3S/c22-18(21-19-20-15-8-4-5-9-17(15)25-19)16-11-10-14(24-16)12-23-13-6-2-1-3-7-13/h1-11H,12H2,(H,20,21,22). The molecular formula is C19H14N2O3S. The molecule has 2 aromatic carbocycles. The average Bonchev–Trinajstić information content (AvgIpc) is 3.27. The van der Waals surface area contributed by atoms with E-state index in [1.165, 1.54) is 11.3 Å². The lowest BCUT2D eigenvalue weighted by Crippen LogP contribution is -2.10. The van der Waals surface area contributed by atoms with E-state index in [0.717, 1.165) is 16.0 Å². The minimum Gasteiger partial charge on any atom is -0.486 e. The Kier molecular flexibility index (Phi) is 4.18. The van der Waals surface area contributed by atoms with E-state index in [2.05, 4.69) is 10.3 Å². The Hall–Kier alpha value is -3.12. The fraction of sp³-hybridized carbons (Fsp3) is 0.0526. The van der Waals surface area contributed by atoms with Crippen LogP contribution in [-0.2, 0) is 6.61 Å². The number of aromatic nitrogens is 1. The van der Waals surface area contributed by atoms with Crippen LogP contribution in [0.5, 0.6) is 5.75 Å². The van der Waals surface area contributed by atoms with Gasteiger partial charge in [-0.05, 0) is 36.4 Å². The molecule has 0 aliphatic heterocycles. The zero-order valence-electron chi connectivity index (χ0n) is 13.1. The second kappa shape index (κ2) is 6.78. The zero-order chi connectivity index (χ0) is 17.1. The maximum atomic E-state index is 12.3. The minimum absolute atomic E-state index is 0.228. The number of benzene rings is 2. The van der Waals surface area contributed by atoms with Crippen molar-refractivity contribution in [1.29, 1.82) is 0 Å². The third-order valence-corrected chi connectivity index (χ3v) is 4.48. The number of hydrogen-bond donors (Lipinski definition) is 1. The summed E-state index contributed by atoms with van der Waals surface area (Å²) in [5.74, 6) is 1.23. The highest BCUT2D eigenvalue weighted by molar-refractivity contribution is 7.22. The lowest BCUT2D eigenvalue weighted by Gasteiger charge is -2.03. The summed E-state index contributed by atoms with van der Waals surface area (Å²) in [6.07, 6.45) is 0. The first-order valence-electron chi connectivity index (χ1n) is 7.71. The molecule has 124 valence electrons. The van der Waals surface area contributed by atoms with E-state index >= 15 is 0 Å². The van der Waals surface area contributed by atoms with Gasteiger partial charge < -0.3 is 9.15 Å². The third-order valence-electron chi connectivity index (χ3n) is 3.52. The molecule has 0 unspecified atom stereocenters. The quantitative estimate of drug-likeness (QED) is 0.565. The Morgan fingerprint density at radius 1 is 1.04 bits per heavy atom. The first kappa shape index (κ1) is 15.4. The normalized spacial score (nSPS) is 10.7. The number of thiazole rings is 1. The molecule has 1 N–H and O–H groups in total. The Morgan fingerprint density at radius 3 is 2.68 bits per heavy atom. The molecule has 4 aromatic rings. The van der Waals surface area contributed by atoms with Crippen molar-refractivity contribution in [3.63, 3.8) is 0 Å². The van der Waals surface area contributed by atoms with Crippen LogP contribution in [0.25, 0.3) is 10.2 Å². The van der Waals surface area contributed by atoms with Gasteiger partial charge >= 0.3 is 0 Å². The molecule has 6 heteroatoms. The number of nitrogens with zero attached hydrogens (tertiary/aromatic N) is 1. The van der Waals surface area contributed by atoms with Gasteiger partial charge in [0.2, 0.25) is 0 Å². The SMILES string of the molecule is O=C(Nc1nc2ccccc2s1)c1ccc(COc2ccccc2)o1. The van der Waals surface area contributed by atoms with Gasteiger partial charge in [-0.15, -0.1) is 0 Å². The molecule has 0 fully saturated rings. The first-order valence-corrected chi connectivity index (χ1v) is 8.53. The summed E-state index contributed by atoms with van der Waals surface area (Å²) in [6.45, 7) is 0.262. The molecule has 1 amide bonds. The maximum absolute atomic E-state index is 12.3. The van der Waals surface area contributed by atoms with Gasteiger partial charge in [0.25, 0.3) is 5.91 Å². The van der Waals surface area contributed by atoms with Crippen molar-refractivity contribution in [1.82, 2.24) is 4.98 Å². The lowest BCUT2D eigenvalue weighted by atomic mass is 10.3. The van der Waals surface area contributed by atoms with E-state index in [4.69, 9.17) is 9.15 Å². The van der Waals surface area contributed by atoms with Crippen molar-refractivity contribution >= 4 is 32.6 Å². The second-order valence-electron chi connectivity index (χ2n) is 5.31. The Balaban J connectivity index is 1.41. The van der Waals surface area contributed by atoms with E-state index in [9.17, 15) is 4.79 Å². The number of hydrogen-bond acceptors (Lipinski definition) is 5. The number of rotatable bonds is 5. The summed E-state index contributed by atoms with van der Waals surface area (Å²) < 4.78 is 12.2. The van der Waals surface area contributed by atoms with Crippen LogP contribution in [0, 0.1) is 0 Å². The maximum Gasteiger partial charge on any atom is 0.293 e. The predicted octanol–water partition coefficient (Wildman–Crippen LogP) is 4.72. The summed E-state index contributed by atoms with van der Waals surface area (Å²) in [6, 6.07) is 20.5. The number of anilines is 1. The van der Waals surface area contributed by atoms with E-state index in [0.29, 0.717) is 10.9 Å². The largest absolute Gasteiger partial charge is 0.486 e. The van der Waals surface area contributed by atoms with E-state index < -0.39 is 0 Å². The molecule has 0 bridgehead atoms. The Morgan fingerprint density at radius 2 is 1.84 bits per heavy atom. The molecule has 0 saturated heterocycles. The van der Waals surface area contributed by atoms with Crippen LogP contribution in [0.2, 0.25) is 0 Å². The molecule has 0 aliphatic rings. The number of amides is 1. The van der Waals surface area contributed by atoms with Gasteiger partial charge in [-0.25, -0.2) is 4.98 Å². The summed E-state index contributed by atoms with van der Waals surface area (Å²) in [5.41, 5.74) is 0.860. The van der Waals surface area contributed by atoms with Crippen molar-refractivity contribution in [2.24, 2.45) is 0 Å². The van der Waals surface area contributed by atoms with Crippen molar-refractivity contribution in [2.75, 3.05) is 5.32 Å². The van der Waals surface area contributed by atoms with Crippen LogP contribution in [-0.4, -0.2) is 10.9 Å². The number of carbonyl (C=O) groups excluding carboxylic acids is 1. The zero-order valence-corrected chi connectivity index (χ0v) is 14.0. The summed E-state index contributed by atoms with van der Waals surface area (Å²) in [5, 5.41) is 3.31. The molecule has 2 aromatic heterocycles. The van der Waals surface area contributed by atoms with Crippen molar-refractivity contribution in [3.05, 3.63) is 78.3 Å². The molecule has 4 rings (SSSR count). The van der Waals surface area contributed by atoms with Crippen LogP contribution in [0.4, 0.5) is 5.13 Å². The van der Waals surface area contributed by atoms with Crippen LogP contribution in [0.1, 0.15) is 16.3 Å². The van der Waals surface area contributed by atoms with Gasteiger partial charge in [0.1, 0.15) is 18.1 Å². The van der Waals surface area contributed by atoms with Crippen molar-refractivity contribution in [2.45, 2.75) is 6.61 Å². The number of carbonyl (C=O) groups is 1. The van der Waals surface area contributed by atoms with E-state index in [-0.39, 0.29) is 18.3 Å². The Bertz CT molecular complexity index is 975. The van der Waals surface area contributed by atoms with Gasteiger partial charge in [0.15, 0.2) is 10.9 Å². The second-order valence-corrected chi connectivity index (χ2v) is 6.34. The Labute approximate surface area is 147 Å². The van der Waals surface area contributed by atoms with Gasteiger partial charge in [0, 0.05) is 0 Å². The third kappa shape index (κ3) is 3.54. The monoisotopic (exact) mass is 350 g/mol. The summed E-state index contributed by atoms with van der Waals surface area (Å²) in [4.78, 5) is 16.7. The smallest absolute Gasteiger partial charge is 0.293 e. The van der Waals surface area contributed by atoms with Crippen LogP contribution < -0.4 is 10.1 Å². The van der Waals surface area contributed by atoms with Crippen LogP contribution in [0.3, 0.4) is 0 Å². The molecule has 2 heterocycles. The van der Waals surface area contributed by atoms with E-state index in [1.54, 1.807) is 12.1 Å². The van der Waals surface area contributed by atoms with Crippen LogP contribution >= 0.6 is 11.3 Å². The minimum atomic E-state index is -0.329. The number of para-hydroxylation sites is 2. The van der Waals surface area contributed by atoms with Gasteiger partial charge in [0.05, 0.1) is 10.2 Å². The summed E-state index contributed by atoms with van der Waals surface area (Å²) in [7, 11) is 0. The van der Waals surface area contributed by atoms with Gasteiger partial charge in [-0.2, -0.15) is 0 Å². The number of furan rings is 1. The number of ether oxygens (including phenoxy) is 1. The molecule has 0 radical (unpaired) electrons. The summed E-state index contributed by atoms with van der Waals surface area (Å²) >= 11 is 1.43. The van der Waals surface area contributed by atoms with E-state index in [1.807, 2.05) is 54.6 Å². The topological polar surface area (TPSA) is 64.4 Å². The molecule has 5 nitrogen and oxygen atoms in total. The fourth-order valence-electron chi connectivity index (χ4n) is 2.33. The molecule has 0 spiro atoms. The van der Waals surface area contributed by atoms with Gasteiger partial charge in [-0.1, -0.05) is 41.7 Å². The predicted molar refractivity (Wildman–Crippen MR) is 97.1 cm³/mol. The molecular weight excluding hydrogens is 336 g/mol. The molecule has 25 heavy (non-hydrogen) atoms. The lowest BCUT2D eigenvalue weighted by molar-refractivity contribution is 0.0992. The van der Waals surface area contributed by atoms with Crippen molar-refractivity contribution < 1.29 is 13.9 Å². The molecule has 0 atom stereocenters. The highest BCUT2D eigenvalue weighted by Gasteiger charge is 2.14. The molecule has 0 aliphatic carbocycles.